The summed E-state index contributed by atoms with van der Waals surface area (Å²) in [4.78, 5) is 41.6. The summed E-state index contributed by atoms with van der Waals surface area (Å²) < 4.78 is 9.50. The molecule has 1 atom stereocenters. The van der Waals surface area contributed by atoms with Gasteiger partial charge in [-0.15, -0.1) is 0 Å². The molecule has 0 amide bonds. The Bertz CT molecular complexity index is 1100. The molecule has 0 spiro atoms. The summed E-state index contributed by atoms with van der Waals surface area (Å²) in [5.74, 6) is -0.612. The maximum absolute atomic E-state index is 12.6. The Kier molecular flexibility index (Phi) is 5.77. The number of rotatable bonds is 7. The van der Waals surface area contributed by atoms with E-state index in [9.17, 15) is 14.4 Å². The van der Waals surface area contributed by atoms with E-state index in [2.05, 4.69) is 4.98 Å². The molecule has 1 unspecified atom stereocenters. The van der Waals surface area contributed by atoms with Crippen molar-refractivity contribution in [1.82, 2.24) is 18.7 Å². The number of aromatic nitrogens is 4. The van der Waals surface area contributed by atoms with Crippen LogP contribution in [0.4, 0.5) is 0 Å². The van der Waals surface area contributed by atoms with Crippen molar-refractivity contribution >= 4 is 17.1 Å². The molecule has 0 bridgehead atoms. The molecule has 0 radical (unpaired) electrons. The highest BCUT2D eigenvalue weighted by atomic mass is 16.5. The number of esters is 1. The quantitative estimate of drug-likeness (QED) is 0.456. The van der Waals surface area contributed by atoms with Gasteiger partial charge in [-0.1, -0.05) is 37.3 Å². The van der Waals surface area contributed by atoms with E-state index in [1.54, 1.807) is 18.7 Å². The molecule has 8 nitrogen and oxygen atoms in total. The smallest absolute Gasteiger partial charge is 0.332 e. The molecule has 0 N–H and O–H groups in total. The van der Waals surface area contributed by atoms with Crippen molar-refractivity contribution < 1.29 is 9.53 Å². The van der Waals surface area contributed by atoms with Gasteiger partial charge in [0.05, 0.1) is 18.9 Å². The third-order valence-electron chi connectivity index (χ3n) is 4.87. The molecule has 0 saturated heterocycles. The predicted octanol–water partition coefficient (Wildman–Crippen LogP) is 1.56. The van der Waals surface area contributed by atoms with Crippen LogP contribution in [0.2, 0.25) is 0 Å². The Hall–Kier alpha value is -3.16. The zero-order valence-corrected chi connectivity index (χ0v) is 16.3. The zero-order chi connectivity index (χ0) is 20.3. The molecule has 0 fully saturated rings. The number of hydrogen-bond donors (Lipinski definition) is 0. The standard InChI is InChI=1S/C20H24N4O4/c1-4-15(14-9-6-5-7-10-14)19(26)28-12-8-11-24-18(25)16-17(21-13-22(16)2)23(3)20(24)27/h5-7,9-10,13,15H,4,8,11-12H2,1-3H3. The van der Waals surface area contributed by atoms with Crippen LogP contribution >= 0.6 is 0 Å². The first-order chi connectivity index (χ1) is 13.5. The third kappa shape index (κ3) is 3.62. The molecule has 1 aromatic carbocycles. The normalized spacial score (nSPS) is 12.2. The molecule has 2 heterocycles. The second kappa shape index (κ2) is 8.24. The van der Waals surface area contributed by atoms with Crippen molar-refractivity contribution in [3.05, 3.63) is 63.1 Å². The van der Waals surface area contributed by atoms with Gasteiger partial charge in [0, 0.05) is 20.6 Å². The van der Waals surface area contributed by atoms with Crippen molar-refractivity contribution in [3.8, 4) is 0 Å². The number of carbonyl (C=O) groups excluding carboxylic acids is 1. The van der Waals surface area contributed by atoms with Crippen molar-refractivity contribution in [2.75, 3.05) is 6.61 Å². The maximum atomic E-state index is 12.6. The lowest BCUT2D eigenvalue weighted by molar-refractivity contribution is -0.145. The lowest BCUT2D eigenvalue weighted by Gasteiger charge is -2.15. The number of aryl methyl sites for hydroxylation is 2. The second-order valence-corrected chi connectivity index (χ2v) is 6.72. The van der Waals surface area contributed by atoms with Crippen LogP contribution in [0.3, 0.4) is 0 Å². The maximum Gasteiger partial charge on any atom is 0.332 e. The summed E-state index contributed by atoms with van der Waals surface area (Å²) in [5, 5.41) is 0. The van der Waals surface area contributed by atoms with E-state index in [4.69, 9.17) is 4.74 Å². The minimum atomic E-state index is -0.432. The Labute approximate surface area is 162 Å². The van der Waals surface area contributed by atoms with Crippen LogP contribution in [-0.4, -0.2) is 31.3 Å². The summed E-state index contributed by atoms with van der Waals surface area (Å²) in [5.41, 5.74) is 0.822. The van der Waals surface area contributed by atoms with Crippen LogP contribution in [-0.2, 0) is 30.2 Å². The first-order valence-corrected chi connectivity index (χ1v) is 9.28. The van der Waals surface area contributed by atoms with E-state index >= 15 is 0 Å². The molecule has 0 aliphatic carbocycles. The van der Waals surface area contributed by atoms with E-state index in [1.165, 1.54) is 10.9 Å². The Morgan fingerprint density at radius 1 is 1.18 bits per heavy atom. The Balaban J connectivity index is 1.67. The lowest BCUT2D eigenvalue weighted by atomic mass is 9.97. The first-order valence-electron chi connectivity index (χ1n) is 9.28. The predicted molar refractivity (Wildman–Crippen MR) is 105 cm³/mol. The van der Waals surface area contributed by atoms with Crippen LogP contribution in [0, 0.1) is 0 Å². The number of ether oxygens (including phenoxy) is 1. The van der Waals surface area contributed by atoms with Crippen molar-refractivity contribution in [1.29, 1.82) is 0 Å². The fourth-order valence-electron chi connectivity index (χ4n) is 3.31. The van der Waals surface area contributed by atoms with Crippen molar-refractivity contribution in [2.45, 2.75) is 32.2 Å². The van der Waals surface area contributed by atoms with Crippen LogP contribution in [0.15, 0.2) is 46.2 Å². The number of benzene rings is 1. The molecule has 148 valence electrons. The van der Waals surface area contributed by atoms with Crippen molar-refractivity contribution in [3.63, 3.8) is 0 Å². The minimum Gasteiger partial charge on any atom is -0.465 e. The van der Waals surface area contributed by atoms with E-state index in [1.807, 2.05) is 37.3 Å². The SMILES string of the molecule is CCC(C(=O)OCCCn1c(=O)c2c(ncn2C)n(C)c1=O)c1ccccc1. The highest BCUT2D eigenvalue weighted by Crippen LogP contribution is 2.20. The molecule has 3 rings (SSSR count). The monoisotopic (exact) mass is 384 g/mol. The lowest BCUT2D eigenvalue weighted by Crippen LogP contribution is -2.39. The number of fused-ring (bicyclic) bond motifs is 1. The van der Waals surface area contributed by atoms with Crippen LogP contribution in [0.25, 0.3) is 11.2 Å². The number of hydrogen-bond acceptors (Lipinski definition) is 5. The summed E-state index contributed by atoms with van der Waals surface area (Å²) in [6.07, 6.45) is 2.52. The molecule has 0 aliphatic heterocycles. The highest BCUT2D eigenvalue weighted by molar-refractivity contribution is 5.78. The molecular weight excluding hydrogens is 360 g/mol. The summed E-state index contributed by atoms with van der Waals surface area (Å²) in [6.45, 7) is 2.24. The van der Waals surface area contributed by atoms with Crippen molar-refractivity contribution in [2.24, 2.45) is 14.1 Å². The first kappa shape index (κ1) is 19.6. The van der Waals surface area contributed by atoms with E-state index in [-0.39, 0.29) is 30.6 Å². The van der Waals surface area contributed by atoms with Gasteiger partial charge in [-0.3, -0.25) is 18.7 Å². The topological polar surface area (TPSA) is 88.1 Å². The summed E-state index contributed by atoms with van der Waals surface area (Å²) in [6, 6.07) is 9.49. The number of nitrogens with zero attached hydrogens (tertiary/aromatic N) is 4. The zero-order valence-electron chi connectivity index (χ0n) is 16.3. The van der Waals surface area contributed by atoms with E-state index in [0.717, 1.165) is 10.1 Å². The summed E-state index contributed by atoms with van der Waals surface area (Å²) in [7, 11) is 3.29. The van der Waals surface area contributed by atoms with Gasteiger partial charge >= 0.3 is 11.7 Å². The van der Waals surface area contributed by atoms with Gasteiger partial charge in [0.25, 0.3) is 5.56 Å². The van der Waals surface area contributed by atoms with Gasteiger partial charge in [-0.25, -0.2) is 9.78 Å². The van der Waals surface area contributed by atoms with Crippen LogP contribution in [0.1, 0.15) is 31.2 Å². The van der Waals surface area contributed by atoms with Gasteiger partial charge < -0.3 is 9.30 Å². The van der Waals surface area contributed by atoms with Crippen LogP contribution in [0.5, 0.6) is 0 Å². The molecule has 2 aromatic heterocycles. The fraction of sp³-hybridized carbons (Fsp3) is 0.400. The molecule has 0 saturated carbocycles. The average Bonchev–Trinajstić information content (AvgIpc) is 3.09. The fourth-order valence-corrected chi connectivity index (χ4v) is 3.31. The van der Waals surface area contributed by atoms with Gasteiger partial charge in [0.15, 0.2) is 11.2 Å². The van der Waals surface area contributed by atoms with E-state index in [0.29, 0.717) is 24.0 Å². The highest BCUT2D eigenvalue weighted by Gasteiger charge is 2.20. The molecule has 0 aliphatic rings. The average molecular weight is 384 g/mol. The molecule has 3 aromatic rings. The Morgan fingerprint density at radius 3 is 2.57 bits per heavy atom. The molecular formula is C20H24N4O4. The van der Waals surface area contributed by atoms with E-state index < -0.39 is 5.69 Å². The minimum absolute atomic E-state index is 0.140. The Morgan fingerprint density at radius 2 is 1.89 bits per heavy atom. The summed E-state index contributed by atoms with van der Waals surface area (Å²) >= 11 is 0. The molecule has 28 heavy (non-hydrogen) atoms. The third-order valence-corrected chi connectivity index (χ3v) is 4.87. The molecule has 8 heteroatoms. The number of imidazole rings is 1. The van der Waals surface area contributed by atoms with Gasteiger partial charge in [0.1, 0.15) is 0 Å². The second-order valence-electron chi connectivity index (χ2n) is 6.72. The largest absolute Gasteiger partial charge is 0.465 e. The van der Waals surface area contributed by atoms with Gasteiger partial charge in [-0.05, 0) is 18.4 Å². The number of carbonyl (C=O) groups is 1. The van der Waals surface area contributed by atoms with Crippen LogP contribution < -0.4 is 11.2 Å². The van der Waals surface area contributed by atoms with Gasteiger partial charge in [0.2, 0.25) is 0 Å². The van der Waals surface area contributed by atoms with Gasteiger partial charge in [-0.2, -0.15) is 0 Å².